The molecule has 0 spiro atoms. The van der Waals surface area contributed by atoms with Crippen LogP contribution in [-0.4, -0.2) is 22.3 Å². The van der Waals surface area contributed by atoms with Crippen LogP contribution in [0.2, 0.25) is 0 Å². The number of para-hydroxylation sites is 1. The Kier molecular flexibility index (Phi) is 4.24. The number of carbonyl (C=O) groups excluding carboxylic acids is 1. The number of nitrogens with one attached hydrogen (secondary N) is 1. The predicted molar refractivity (Wildman–Crippen MR) is 76.4 cm³/mol. The lowest BCUT2D eigenvalue weighted by molar-refractivity contribution is 0.0947. The number of nitrogens with two attached hydrogens (primary N) is 1. The lowest BCUT2D eigenvalue weighted by atomic mass is 10.2. The highest BCUT2D eigenvalue weighted by Crippen LogP contribution is 2.18. The molecule has 0 radical (unpaired) electrons. The van der Waals surface area contributed by atoms with E-state index in [2.05, 4.69) is 10.4 Å². The molecule has 0 unspecified atom stereocenters. The second kappa shape index (κ2) is 6.10. The number of nitrogens with zero attached hydrogens (tertiary/aromatic N) is 2. The Morgan fingerprint density at radius 3 is 2.85 bits per heavy atom. The molecule has 1 aromatic heterocycles. The van der Waals surface area contributed by atoms with E-state index in [9.17, 15) is 4.79 Å². The van der Waals surface area contributed by atoms with Crippen LogP contribution in [-0.2, 0) is 13.6 Å². The van der Waals surface area contributed by atoms with Crippen LogP contribution >= 0.6 is 0 Å². The molecular weight excluding hydrogens is 256 g/mol. The number of hydrogen-bond donors (Lipinski definition) is 2. The van der Waals surface area contributed by atoms with Crippen LogP contribution in [0.25, 0.3) is 0 Å². The number of hydrogen-bond acceptors (Lipinski definition) is 4. The van der Waals surface area contributed by atoms with Gasteiger partial charge in [0.2, 0.25) is 0 Å². The zero-order chi connectivity index (χ0) is 14.5. The van der Waals surface area contributed by atoms with Gasteiger partial charge < -0.3 is 15.8 Å². The Hall–Kier alpha value is -2.50. The van der Waals surface area contributed by atoms with Crippen molar-refractivity contribution in [3.63, 3.8) is 0 Å². The van der Waals surface area contributed by atoms with Crippen molar-refractivity contribution in [1.82, 2.24) is 15.1 Å². The molecule has 0 fully saturated rings. The fourth-order valence-corrected chi connectivity index (χ4v) is 1.83. The van der Waals surface area contributed by atoms with Crippen LogP contribution in [0.15, 0.2) is 30.5 Å². The fourth-order valence-electron chi connectivity index (χ4n) is 1.83. The van der Waals surface area contributed by atoms with Gasteiger partial charge in [0, 0.05) is 19.2 Å². The minimum Gasteiger partial charge on any atom is -0.493 e. The number of nitrogen functional groups attached to an aromatic ring is 1. The van der Waals surface area contributed by atoms with E-state index in [4.69, 9.17) is 10.5 Å². The summed E-state index contributed by atoms with van der Waals surface area (Å²) in [7, 11) is 1.76. The van der Waals surface area contributed by atoms with E-state index in [0.717, 1.165) is 5.56 Å². The number of aromatic nitrogens is 2. The Morgan fingerprint density at radius 2 is 2.20 bits per heavy atom. The molecule has 0 atom stereocenters. The average Bonchev–Trinajstić information content (AvgIpc) is 2.77. The first kappa shape index (κ1) is 13.9. The van der Waals surface area contributed by atoms with Gasteiger partial charge in [-0.2, -0.15) is 5.10 Å². The molecule has 2 aromatic rings. The molecule has 1 amide bonds. The Bertz CT molecular complexity index is 607. The molecule has 6 nitrogen and oxygen atoms in total. The first-order valence-corrected chi connectivity index (χ1v) is 6.39. The lowest BCUT2D eigenvalue weighted by Crippen LogP contribution is -2.23. The molecule has 0 aliphatic rings. The minimum atomic E-state index is -0.197. The van der Waals surface area contributed by atoms with Gasteiger partial charge in [-0.1, -0.05) is 12.1 Å². The molecule has 6 heteroatoms. The molecule has 0 bridgehead atoms. The Balaban J connectivity index is 2.07. The summed E-state index contributed by atoms with van der Waals surface area (Å²) in [6, 6.07) is 7.14. The van der Waals surface area contributed by atoms with Crippen molar-refractivity contribution in [2.45, 2.75) is 13.5 Å². The monoisotopic (exact) mass is 274 g/mol. The Morgan fingerprint density at radius 1 is 1.45 bits per heavy atom. The average molecular weight is 274 g/mol. The molecule has 0 aliphatic heterocycles. The fraction of sp³-hybridized carbons (Fsp3) is 0.286. The maximum atomic E-state index is 12.2. The second-order valence-corrected chi connectivity index (χ2v) is 4.29. The number of rotatable bonds is 5. The first-order chi connectivity index (χ1) is 9.63. The third kappa shape index (κ3) is 2.90. The highest BCUT2D eigenvalue weighted by atomic mass is 16.5. The number of amides is 1. The van der Waals surface area contributed by atoms with Gasteiger partial charge in [-0.3, -0.25) is 9.48 Å². The summed E-state index contributed by atoms with van der Waals surface area (Å²) in [6.45, 7) is 2.73. The van der Waals surface area contributed by atoms with Crippen LogP contribution in [0.1, 0.15) is 22.8 Å². The predicted octanol–water partition coefficient (Wildman–Crippen LogP) is 1.33. The van der Waals surface area contributed by atoms with Crippen LogP contribution in [0.5, 0.6) is 5.75 Å². The lowest BCUT2D eigenvalue weighted by Gasteiger charge is -2.10. The second-order valence-electron chi connectivity index (χ2n) is 4.29. The molecule has 2 rings (SSSR count). The van der Waals surface area contributed by atoms with E-state index in [0.29, 0.717) is 30.3 Å². The van der Waals surface area contributed by atoms with Gasteiger partial charge in [-0.25, -0.2) is 0 Å². The zero-order valence-corrected chi connectivity index (χ0v) is 11.6. The standard InChI is InChI=1S/C14H18N4O2/c1-3-20-12-7-5-4-6-11(12)14(19)16-8-10-9-17-18(2)13(10)15/h4-7,9H,3,8,15H2,1-2H3,(H,16,19). The summed E-state index contributed by atoms with van der Waals surface area (Å²) in [5.41, 5.74) is 7.13. The van der Waals surface area contributed by atoms with E-state index in [1.54, 1.807) is 36.1 Å². The topological polar surface area (TPSA) is 82.2 Å². The van der Waals surface area contributed by atoms with Gasteiger partial charge in [-0.05, 0) is 19.1 Å². The summed E-state index contributed by atoms with van der Waals surface area (Å²) in [5, 5.41) is 6.85. The van der Waals surface area contributed by atoms with Crippen molar-refractivity contribution in [1.29, 1.82) is 0 Å². The van der Waals surface area contributed by atoms with Gasteiger partial charge in [0.1, 0.15) is 11.6 Å². The molecule has 20 heavy (non-hydrogen) atoms. The summed E-state index contributed by atoms with van der Waals surface area (Å²) < 4.78 is 7.00. The third-order valence-electron chi connectivity index (χ3n) is 2.94. The number of benzene rings is 1. The van der Waals surface area contributed by atoms with Crippen molar-refractivity contribution in [2.75, 3.05) is 12.3 Å². The minimum absolute atomic E-state index is 0.197. The molecule has 3 N–H and O–H groups in total. The summed E-state index contributed by atoms with van der Waals surface area (Å²) in [5.74, 6) is 0.923. The van der Waals surface area contributed by atoms with E-state index in [-0.39, 0.29) is 5.91 Å². The van der Waals surface area contributed by atoms with E-state index < -0.39 is 0 Å². The molecule has 0 saturated carbocycles. The van der Waals surface area contributed by atoms with E-state index in [1.165, 1.54) is 0 Å². The first-order valence-electron chi connectivity index (χ1n) is 6.39. The summed E-state index contributed by atoms with van der Waals surface area (Å²) in [6.07, 6.45) is 1.64. The normalized spacial score (nSPS) is 10.3. The van der Waals surface area contributed by atoms with Gasteiger partial charge in [0.05, 0.1) is 18.4 Å². The SMILES string of the molecule is CCOc1ccccc1C(=O)NCc1cnn(C)c1N. The largest absolute Gasteiger partial charge is 0.493 e. The highest BCUT2D eigenvalue weighted by molar-refractivity contribution is 5.96. The molecule has 1 heterocycles. The van der Waals surface area contributed by atoms with Gasteiger partial charge in [0.25, 0.3) is 5.91 Å². The van der Waals surface area contributed by atoms with Crippen LogP contribution in [0, 0.1) is 0 Å². The number of carbonyl (C=O) groups is 1. The molecule has 1 aromatic carbocycles. The number of ether oxygens (including phenoxy) is 1. The molecule has 0 saturated heterocycles. The van der Waals surface area contributed by atoms with Crippen molar-refractivity contribution in [3.8, 4) is 5.75 Å². The van der Waals surface area contributed by atoms with E-state index >= 15 is 0 Å². The van der Waals surface area contributed by atoms with Gasteiger partial charge in [-0.15, -0.1) is 0 Å². The highest BCUT2D eigenvalue weighted by Gasteiger charge is 2.12. The van der Waals surface area contributed by atoms with Crippen LogP contribution in [0.3, 0.4) is 0 Å². The maximum absolute atomic E-state index is 12.2. The molecule has 0 aliphatic carbocycles. The Labute approximate surface area is 117 Å². The van der Waals surface area contributed by atoms with Crippen molar-refractivity contribution in [2.24, 2.45) is 7.05 Å². The van der Waals surface area contributed by atoms with E-state index in [1.807, 2.05) is 13.0 Å². The molecule has 106 valence electrons. The van der Waals surface area contributed by atoms with Crippen LogP contribution in [0.4, 0.5) is 5.82 Å². The van der Waals surface area contributed by atoms with Gasteiger partial charge >= 0.3 is 0 Å². The number of aryl methyl sites for hydroxylation is 1. The van der Waals surface area contributed by atoms with Crippen LogP contribution < -0.4 is 15.8 Å². The number of anilines is 1. The smallest absolute Gasteiger partial charge is 0.255 e. The quantitative estimate of drug-likeness (QED) is 0.861. The summed E-state index contributed by atoms with van der Waals surface area (Å²) in [4.78, 5) is 12.2. The maximum Gasteiger partial charge on any atom is 0.255 e. The zero-order valence-electron chi connectivity index (χ0n) is 11.6. The van der Waals surface area contributed by atoms with Crippen molar-refractivity contribution < 1.29 is 9.53 Å². The van der Waals surface area contributed by atoms with Crippen molar-refractivity contribution in [3.05, 3.63) is 41.6 Å². The van der Waals surface area contributed by atoms with Crippen molar-refractivity contribution >= 4 is 11.7 Å². The van der Waals surface area contributed by atoms with Gasteiger partial charge in [0.15, 0.2) is 0 Å². The molecular formula is C14H18N4O2. The summed E-state index contributed by atoms with van der Waals surface area (Å²) >= 11 is 0. The third-order valence-corrected chi connectivity index (χ3v) is 2.94.